The Kier molecular flexibility index (Phi) is 4.55. The first-order valence-corrected chi connectivity index (χ1v) is 8.39. The number of ketones is 1. The molecule has 0 heterocycles. The van der Waals surface area contributed by atoms with E-state index in [-0.39, 0.29) is 5.78 Å². The predicted molar refractivity (Wildman–Crippen MR) is 97.2 cm³/mol. The molecular weight excluding hydrogens is 404 g/mol. The Bertz CT molecular complexity index is 809. The molecule has 0 spiro atoms. The summed E-state index contributed by atoms with van der Waals surface area (Å²) in [7, 11) is 0. The van der Waals surface area contributed by atoms with Crippen LogP contribution in [0.15, 0.2) is 81.7 Å². The van der Waals surface area contributed by atoms with E-state index in [2.05, 4.69) is 44.0 Å². The third kappa shape index (κ3) is 3.21. The first-order chi connectivity index (χ1) is 10.6. The van der Waals surface area contributed by atoms with Crippen LogP contribution in [-0.2, 0) is 0 Å². The summed E-state index contributed by atoms with van der Waals surface area (Å²) in [4.78, 5) is 12.6. The summed E-state index contributed by atoms with van der Waals surface area (Å²) >= 11 is 6.84. The fraction of sp³-hybridized carbons (Fsp3) is 0. The Morgan fingerprint density at radius 2 is 1.36 bits per heavy atom. The number of halogens is 2. The average molecular weight is 416 g/mol. The lowest BCUT2D eigenvalue weighted by Gasteiger charge is -2.06. The van der Waals surface area contributed by atoms with Gasteiger partial charge >= 0.3 is 0 Å². The van der Waals surface area contributed by atoms with Crippen LogP contribution in [0.3, 0.4) is 0 Å². The minimum Gasteiger partial charge on any atom is -0.289 e. The zero-order valence-corrected chi connectivity index (χ0v) is 14.8. The van der Waals surface area contributed by atoms with E-state index in [1.807, 2.05) is 60.7 Å². The summed E-state index contributed by atoms with van der Waals surface area (Å²) in [5.74, 6) is 0.00721. The smallest absolute Gasteiger partial charge is 0.194 e. The molecule has 3 aromatic rings. The molecule has 0 saturated heterocycles. The highest BCUT2D eigenvalue weighted by molar-refractivity contribution is 9.11. The Labute approximate surface area is 146 Å². The van der Waals surface area contributed by atoms with Gasteiger partial charge in [-0.3, -0.25) is 4.79 Å². The molecule has 0 saturated carbocycles. The van der Waals surface area contributed by atoms with Gasteiger partial charge in [0.05, 0.1) is 0 Å². The maximum atomic E-state index is 12.6. The fourth-order valence-corrected chi connectivity index (χ4v) is 3.06. The Morgan fingerprint density at radius 1 is 0.727 bits per heavy atom. The van der Waals surface area contributed by atoms with Gasteiger partial charge in [-0.05, 0) is 29.3 Å². The van der Waals surface area contributed by atoms with Crippen LogP contribution in [0.2, 0.25) is 0 Å². The molecule has 3 aromatic carbocycles. The fourth-order valence-electron chi connectivity index (χ4n) is 2.27. The van der Waals surface area contributed by atoms with Gasteiger partial charge in [0.1, 0.15) is 0 Å². The van der Waals surface area contributed by atoms with Gasteiger partial charge in [0.15, 0.2) is 5.78 Å². The molecule has 3 rings (SSSR count). The van der Waals surface area contributed by atoms with Crippen molar-refractivity contribution < 1.29 is 4.79 Å². The van der Waals surface area contributed by atoms with E-state index in [1.165, 1.54) is 0 Å². The Balaban J connectivity index is 1.93. The second-order valence-electron chi connectivity index (χ2n) is 4.90. The maximum Gasteiger partial charge on any atom is 0.194 e. The molecule has 0 unspecified atom stereocenters. The van der Waals surface area contributed by atoms with Gasteiger partial charge in [-0.25, -0.2) is 0 Å². The SMILES string of the molecule is O=C(c1ccc(-c2ccccc2)cc1)c1cc(Br)ccc1Br. The molecule has 3 heteroatoms. The highest BCUT2D eigenvalue weighted by Gasteiger charge is 2.13. The second-order valence-corrected chi connectivity index (χ2v) is 6.67. The molecule has 0 aliphatic rings. The third-order valence-corrected chi connectivity index (χ3v) is 4.61. The van der Waals surface area contributed by atoms with Crippen molar-refractivity contribution in [1.29, 1.82) is 0 Å². The second kappa shape index (κ2) is 6.59. The summed E-state index contributed by atoms with van der Waals surface area (Å²) < 4.78 is 1.69. The van der Waals surface area contributed by atoms with Crippen LogP contribution in [0, 0.1) is 0 Å². The Hall–Kier alpha value is -1.71. The number of hydrogen-bond donors (Lipinski definition) is 0. The van der Waals surface area contributed by atoms with Gasteiger partial charge in [-0.15, -0.1) is 0 Å². The number of benzene rings is 3. The van der Waals surface area contributed by atoms with Gasteiger partial charge < -0.3 is 0 Å². The van der Waals surface area contributed by atoms with Gasteiger partial charge in [0.25, 0.3) is 0 Å². The third-order valence-electron chi connectivity index (χ3n) is 3.43. The molecule has 0 atom stereocenters. The van der Waals surface area contributed by atoms with E-state index >= 15 is 0 Å². The summed E-state index contributed by atoms with van der Waals surface area (Å²) in [6.45, 7) is 0. The molecule has 108 valence electrons. The Morgan fingerprint density at radius 3 is 2.05 bits per heavy atom. The van der Waals surface area contributed by atoms with Crippen molar-refractivity contribution >= 4 is 37.6 Å². The van der Waals surface area contributed by atoms with Crippen molar-refractivity contribution in [3.05, 3.63) is 92.9 Å². The van der Waals surface area contributed by atoms with E-state index in [0.29, 0.717) is 11.1 Å². The lowest BCUT2D eigenvalue weighted by atomic mass is 9.99. The number of carbonyl (C=O) groups is 1. The lowest BCUT2D eigenvalue weighted by molar-refractivity contribution is 0.103. The van der Waals surface area contributed by atoms with Crippen molar-refractivity contribution in [2.24, 2.45) is 0 Å². The number of carbonyl (C=O) groups excluding carboxylic acids is 1. The summed E-state index contributed by atoms with van der Waals surface area (Å²) in [5, 5.41) is 0. The van der Waals surface area contributed by atoms with Crippen molar-refractivity contribution in [3.63, 3.8) is 0 Å². The molecule has 22 heavy (non-hydrogen) atoms. The largest absolute Gasteiger partial charge is 0.289 e. The number of hydrogen-bond acceptors (Lipinski definition) is 1. The van der Waals surface area contributed by atoms with Crippen molar-refractivity contribution in [3.8, 4) is 11.1 Å². The maximum absolute atomic E-state index is 12.6. The molecule has 0 aliphatic carbocycles. The van der Waals surface area contributed by atoms with Crippen LogP contribution in [0.5, 0.6) is 0 Å². The molecular formula is C19H12Br2O. The van der Waals surface area contributed by atoms with Crippen molar-refractivity contribution in [2.45, 2.75) is 0 Å². The average Bonchev–Trinajstić information content (AvgIpc) is 2.57. The first kappa shape index (κ1) is 15.2. The molecule has 0 fully saturated rings. The number of rotatable bonds is 3. The van der Waals surface area contributed by atoms with Crippen molar-refractivity contribution in [1.82, 2.24) is 0 Å². The van der Waals surface area contributed by atoms with Crippen LogP contribution >= 0.6 is 31.9 Å². The van der Waals surface area contributed by atoms with Gasteiger partial charge in [0, 0.05) is 20.1 Å². The summed E-state index contributed by atoms with van der Waals surface area (Å²) in [6, 6.07) is 23.4. The van der Waals surface area contributed by atoms with Crippen molar-refractivity contribution in [2.75, 3.05) is 0 Å². The molecule has 0 radical (unpaired) electrons. The van der Waals surface area contributed by atoms with Crippen LogP contribution in [0.25, 0.3) is 11.1 Å². The van der Waals surface area contributed by atoms with E-state index in [9.17, 15) is 4.79 Å². The molecule has 0 amide bonds. The highest BCUT2D eigenvalue weighted by atomic mass is 79.9. The molecule has 0 N–H and O–H groups in total. The summed E-state index contributed by atoms with van der Waals surface area (Å²) in [5.41, 5.74) is 3.58. The zero-order valence-electron chi connectivity index (χ0n) is 11.6. The quantitative estimate of drug-likeness (QED) is 0.471. The molecule has 1 nitrogen and oxygen atoms in total. The van der Waals surface area contributed by atoms with E-state index in [0.717, 1.165) is 20.1 Å². The minimum atomic E-state index is 0.00721. The summed E-state index contributed by atoms with van der Waals surface area (Å²) in [6.07, 6.45) is 0. The highest BCUT2D eigenvalue weighted by Crippen LogP contribution is 2.25. The van der Waals surface area contributed by atoms with E-state index < -0.39 is 0 Å². The lowest BCUT2D eigenvalue weighted by Crippen LogP contribution is -2.02. The van der Waals surface area contributed by atoms with Crippen LogP contribution in [-0.4, -0.2) is 5.78 Å². The normalized spacial score (nSPS) is 10.5. The van der Waals surface area contributed by atoms with Gasteiger partial charge in [0.2, 0.25) is 0 Å². The topological polar surface area (TPSA) is 17.1 Å². The van der Waals surface area contributed by atoms with E-state index in [4.69, 9.17) is 0 Å². The molecule has 0 bridgehead atoms. The minimum absolute atomic E-state index is 0.00721. The standard InChI is InChI=1S/C19H12Br2O/c20-16-10-11-18(21)17(12-16)19(22)15-8-6-14(7-9-15)13-4-2-1-3-5-13/h1-12H. The van der Waals surface area contributed by atoms with E-state index in [1.54, 1.807) is 0 Å². The zero-order chi connectivity index (χ0) is 15.5. The molecule has 0 aromatic heterocycles. The monoisotopic (exact) mass is 414 g/mol. The predicted octanol–water partition coefficient (Wildman–Crippen LogP) is 6.11. The van der Waals surface area contributed by atoms with Crippen LogP contribution in [0.1, 0.15) is 15.9 Å². The van der Waals surface area contributed by atoms with Gasteiger partial charge in [-0.1, -0.05) is 86.5 Å². The first-order valence-electron chi connectivity index (χ1n) is 6.80. The van der Waals surface area contributed by atoms with Gasteiger partial charge in [-0.2, -0.15) is 0 Å². The van der Waals surface area contributed by atoms with Crippen LogP contribution < -0.4 is 0 Å². The van der Waals surface area contributed by atoms with Crippen LogP contribution in [0.4, 0.5) is 0 Å². The molecule has 0 aliphatic heterocycles.